The van der Waals surface area contributed by atoms with Crippen LogP contribution in [0.15, 0.2) is 0 Å². The minimum Gasteiger partial charge on any atom is -0.479 e. The van der Waals surface area contributed by atoms with Crippen molar-refractivity contribution >= 4 is 17.9 Å². The lowest BCUT2D eigenvalue weighted by atomic mass is 10.2. The zero-order valence-corrected chi connectivity index (χ0v) is 9.46. The van der Waals surface area contributed by atoms with Crippen molar-refractivity contribution in [2.24, 2.45) is 0 Å². The minimum atomic E-state index is -2.26. The quantitative estimate of drug-likeness (QED) is 0.408. The second-order valence-electron chi connectivity index (χ2n) is 3.49. The van der Waals surface area contributed by atoms with Crippen molar-refractivity contribution in [3.05, 3.63) is 0 Å². The number of hydrogen-bond acceptors (Lipinski definition) is 5. The normalized spacial score (nSPS) is 13.8. The fourth-order valence-corrected chi connectivity index (χ4v) is 1.10. The van der Waals surface area contributed by atoms with E-state index in [-0.39, 0.29) is 6.42 Å². The first-order chi connectivity index (χ1) is 7.90. The van der Waals surface area contributed by atoms with Gasteiger partial charge in [-0.1, -0.05) is 19.8 Å². The molecule has 2 atom stereocenters. The molecule has 0 amide bonds. The SMILES string of the molecule is CCCCCC(=O)OC(C(=O)O)C(O)C(=O)O. The molecule has 17 heavy (non-hydrogen) atoms. The second-order valence-corrected chi connectivity index (χ2v) is 3.49. The van der Waals surface area contributed by atoms with Gasteiger partial charge in [-0.15, -0.1) is 0 Å². The molecule has 0 radical (unpaired) electrons. The van der Waals surface area contributed by atoms with Crippen molar-refractivity contribution in [1.29, 1.82) is 0 Å². The van der Waals surface area contributed by atoms with Gasteiger partial charge in [0.05, 0.1) is 0 Å². The van der Waals surface area contributed by atoms with Crippen molar-refractivity contribution in [2.45, 2.75) is 44.8 Å². The number of carboxylic acid groups (broad SMARTS) is 2. The van der Waals surface area contributed by atoms with E-state index in [0.29, 0.717) is 6.42 Å². The fraction of sp³-hybridized carbons (Fsp3) is 0.700. The lowest BCUT2D eigenvalue weighted by Crippen LogP contribution is -2.42. The maximum Gasteiger partial charge on any atom is 0.348 e. The summed E-state index contributed by atoms with van der Waals surface area (Å²) in [5.74, 6) is -4.27. The Labute approximate surface area is 98.0 Å². The summed E-state index contributed by atoms with van der Waals surface area (Å²) in [5, 5.41) is 26.1. The number of aliphatic hydroxyl groups excluding tert-OH is 1. The van der Waals surface area contributed by atoms with Crippen molar-refractivity contribution in [3.8, 4) is 0 Å². The van der Waals surface area contributed by atoms with Gasteiger partial charge in [-0.3, -0.25) is 4.79 Å². The predicted octanol–water partition coefficient (Wildman–Crippen LogP) is 0.00860. The monoisotopic (exact) mass is 248 g/mol. The van der Waals surface area contributed by atoms with E-state index in [1.54, 1.807) is 0 Å². The molecular formula is C10H16O7. The van der Waals surface area contributed by atoms with Crippen LogP contribution < -0.4 is 0 Å². The second kappa shape index (κ2) is 7.61. The Kier molecular flexibility index (Phi) is 6.88. The maximum absolute atomic E-state index is 11.2. The highest BCUT2D eigenvalue weighted by atomic mass is 16.6. The summed E-state index contributed by atoms with van der Waals surface area (Å²) < 4.78 is 4.41. The topological polar surface area (TPSA) is 121 Å². The lowest BCUT2D eigenvalue weighted by Gasteiger charge is -2.16. The van der Waals surface area contributed by atoms with Gasteiger partial charge in [-0.05, 0) is 6.42 Å². The van der Waals surface area contributed by atoms with E-state index in [2.05, 4.69) is 4.74 Å². The molecule has 0 bridgehead atoms. The number of aliphatic hydroxyl groups is 1. The Hall–Kier alpha value is -1.63. The molecule has 0 aromatic carbocycles. The molecule has 0 saturated heterocycles. The minimum absolute atomic E-state index is 0.00393. The predicted molar refractivity (Wildman–Crippen MR) is 55.3 cm³/mol. The Morgan fingerprint density at radius 2 is 1.71 bits per heavy atom. The average Bonchev–Trinajstić information content (AvgIpc) is 2.24. The van der Waals surface area contributed by atoms with Crippen LogP contribution in [-0.4, -0.2) is 45.4 Å². The van der Waals surface area contributed by atoms with Crippen LogP contribution >= 0.6 is 0 Å². The Morgan fingerprint density at radius 3 is 2.12 bits per heavy atom. The van der Waals surface area contributed by atoms with Gasteiger partial charge in [0.25, 0.3) is 0 Å². The third-order valence-corrected chi connectivity index (χ3v) is 2.03. The van der Waals surface area contributed by atoms with Crippen LogP contribution in [0.5, 0.6) is 0 Å². The van der Waals surface area contributed by atoms with Gasteiger partial charge >= 0.3 is 17.9 Å². The highest BCUT2D eigenvalue weighted by Crippen LogP contribution is 2.06. The number of rotatable bonds is 8. The van der Waals surface area contributed by atoms with Crippen LogP contribution in [0, 0.1) is 0 Å². The first-order valence-corrected chi connectivity index (χ1v) is 5.23. The number of unbranched alkanes of at least 4 members (excludes halogenated alkanes) is 2. The molecule has 0 aromatic heterocycles. The van der Waals surface area contributed by atoms with Crippen molar-refractivity contribution in [2.75, 3.05) is 0 Å². The number of carboxylic acids is 2. The molecule has 0 spiro atoms. The Balaban J connectivity index is 4.30. The molecule has 0 heterocycles. The van der Waals surface area contributed by atoms with Gasteiger partial charge in [0, 0.05) is 6.42 Å². The number of esters is 1. The summed E-state index contributed by atoms with van der Waals surface area (Å²) in [6, 6.07) is 0. The van der Waals surface area contributed by atoms with E-state index < -0.39 is 30.1 Å². The van der Waals surface area contributed by atoms with E-state index in [0.717, 1.165) is 12.8 Å². The van der Waals surface area contributed by atoms with Gasteiger partial charge in [0.15, 0.2) is 6.10 Å². The Bertz CT molecular complexity index is 286. The molecule has 0 aliphatic carbocycles. The number of aliphatic carboxylic acids is 2. The summed E-state index contributed by atoms with van der Waals surface area (Å²) in [7, 11) is 0. The van der Waals surface area contributed by atoms with Crippen molar-refractivity contribution in [3.63, 3.8) is 0 Å². The summed E-state index contributed by atoms with van der Waals surface area (Å²) in [6.07, 6.45) is -2.12. The standard InChI is InChI=1S/C10H16O7/c1-2-3-4-5-6(11)17-8(10(15)16)7(12)9(13)14/h7-8,12H,2-5H2,1H3,(H,13,14)(H,15,16). The third kappa shape index (κ3) is 5.86. The molecule has 3 N–H and O–H groups in total. The third-order valence-electron chi connectivity index (χ3n) is 2.03. The average molecular weight is 248 g/mol. The zero-order chi connectivity index (χ0) is 13.4. The van der Waals surface area contributed by atoms with Gasteiger partial charge in [0.1, 0.15) is 0 Å². The van der Waals surface area contributed by atoms with Crippen LogP contribution in [0.4, 0.5) is 0 Å². The molecule has 0 rings (SSSR count). The molecule has 0 aromatic rings. The summed E-state index contributed by atoms with van der Waals surface area (Å²) in [4.78, 5) is 32.2. The van der Waals surface area contributed by atoms with E-state index >= 15 is 0 Å². The highest BCUT2D eigenvalue weighted by Gasteiger charge is 2.35. The molecule has 0 saturated carbocycles. The van der Waals surface area contributed by atoms with E-state index in [1.165, 1.54) is 0 Å². The lowest BCUT2D eigenvalue weighted by molar-refractivity contribution is -0.178. The number of ether oxygens (including phenoxy) is 1. The molecule has 0 aliphatic rings. The molecular weight excluding hydrogens is 232 g/mol. The van der Waals surface area contributed by atoms with E-state index in [1.807, 2.05) is 6.92 Å². The number of hydrogen-bond donors (Lipinski definition) is 3. The van der Waals surface area contributed by atoms with Crippen molar-refractivity contribution in [1.82, 2.24) is 0 Å². The molecule has 7 nitrogen and oxygen atoms in total. The van der Waals surface area contributed by atoms with Crippen LogP contribution in [-0.2, 0) is 19.1 Å². The first kappa shape index (κ1) is 15.4. The van der Waals surface area contributed by atoms with Gasteiger partial charge in [0.2, 0.25) is 6.10 Å². The first-order valence-electron chi connectivity index (χ1n) is 5.23. The molecule has 2 unspecified atom stereocenters. The van der Waals surface area contributed by atoms with Gasteiger partial charge < -0.3 is 20.1 Å². The van der Waals surface area contributed by atoms with Crippen LogP contribution in [0.25, 0.3) is 0 Å². The van der Waals surface area contributed by atoms with E-state index in [4.69, 9.17) is 15.3 Å². The maximum atomic E-state index is 11.2. The van der Waals surface area contributed by atoms with Crippen LogP contribution in [0.1, 0.15) is 32.6 Å². The smallest absolute Gasteiger partial charge is 0.348 e. The summed E-state index contributed by atoms with van der Waals surface area (Å²) >= 11 is 0. The van der Waals surface area contributed by atoms with E-state index in [9.17, 15) is 14.4 Å². The van der Waals surface area contributed by atoms with Crippen molar-refractivity contribution < 1.29 is 34.4 Å². The highest BCUT2D eigenvalue weighted by molar-refractivity contribution is 5.85. The number of carbonyl (C=O) groups excluding carboxylic acids is 1. The molecule has 7 heteroatoms. The van der Waals surface area contributed by atoms with Gasteiger partial charge in [-0.2, -0.15) is 0 Å². The fourth-order valence-electron chi connectivity index (χ4n) is 1.10. The summed E-state index contributed by atoms with van der Waals surface area (Å²) in [6.45, 7) is 1.93. The molecule has 0 aliphatic heterocycles. The van der Waals surface area contributed by atoms with Crippen LogP contribution in [0.3, 0.4) is 0 Å². The number of carbonyl (C=O) groups is 3. The Morgan fingerprint density at radius 1 is 1.12 bits per heavy atom. The molecule has 98 valence electrons. The van der Waals surface area contributed by atoms with Gasteiger partial charge in [-0.25, -0.2) is 9.59 Å². The largest absolute Gasteiger partial charge is 0.479 e. The molecule has 0 fully saturated rings. The van der Waals surface area contributed by atoms with Crippen LogP contribution in [0.2, 0.25) is 0 Å². The zero-order valence-electron chi connectivity index (χ0n) is 9.46. The summed E-state index contributed by atoms with van der Waals surface area (Å²) in [5.41, 5.74) is 0.